The molecule has 0 bridgehead atoms. The second-order valence-corrected chi connectivity index (χ2v) is 9.78. The molecule has 0 saturated carbocycles. The second-order valence-electron chi connectivity index (χ2n) is 8.93. The van der Waals surface area contributed by atoms with E-state index in [1.165, 1.54) is 6.07 Å². The van der Waals surface area contributed by atoms with Crippen LogP contribution in [0.25, 0.3) is 0 Å². The van der Waals surface area contributed by atoms with Gasteiger partial charge in [0.25, 0.3) is 0 Å². The Morgan fingerprint density at radius 2 is 1.96 bits per heavy atom. The van der Waals surface area contributed by atoms with Gasteiger partial charge in [0.05, 0.1) is 10.4 Å². The third-order valence-corrected chi connectivity index (χ3v) is 6.42. The molecule has 0 aliphatic carbocycles. The highest BCUT2D eigenvalue weighted by atomic mass is 35.5. The van der Waals surface area contributed by atoms with Gasteiger partial charge in [-0.3, -0.25) is 4.79 Å². The molecule has 1 fully saturated rings. The molecule has 1 amide bonds. The Hall–Kier alpha value is -1.62. The molecular formula is C22H23Cl2FN2O. The van der Waals surface area contributed by atoms with E-state index >= 15 is 4.39 Å². The van der Waals surface area contributed by atoms with Gasteiger partial charge in [0.1, 0.15) is 5.82 Å². The number of fused-ring (bicyclic) bond motifs is 2. The highest BCUT2D eigenvalue weighted by Gasteiger charge is 2.61. The van der Waals surface area contributed by atoms with Crippen LogP contribution in [0, 0.1) is 11.2 Å². The Morgan fingerprint density at radius 3 is 2.68 bits per heavy atom. The first-order valence-corrected chi connectivity index (χ1v) is 10.2. The Labute approximate surface area is 174 Å². The molecule has 6 heteroatoms. The first kappa shape index (κ1) is 19.7. The Balaban J connectivity index is 1.94. The van der Waals surface area contributed by atoms with Gasteiger partial charge >= 0.3 is 0 Å². The highest BCUT2D eigenvalue weighted by molar-refractivity contribution is 6.31. The molecular weight excluding hydrogens is 398 g/mol. The number of carbonyl (C=O) groups excluding carboxylic acids is 1. The maximum Gasteiger partial charge on any atom is 0.237 e. The molecule has 2 aliphatic rings. The normalized spacial score (nSPS) is 26.6. The van der Waals surface area contributed by atoms with Gasteiger partial charge in [-0.1, -0.05) is 62.2 Å². The summed E-state index contributed by atoms with van der Waals surface area (Å²) in [5.41, 5.74) is 1.10. The monoisotopic (exact) mass is 420 g/mol. The quantitative estimate of drug-likeness (QED) is 0.671. The van der Waals surface area contributed by atoms with Crippen LogP contribution in [0.4, 0.5) is 10.1 Å². The van der Waals surface area contributed by atoms with E-state index in [1.807, 2.05) is 6.07 Å². The fourth-order valence-corrected chi connectivity index (χ4v) is 5.19. The van der Waals surface area contributed by atoms with E-state index in [9.17, 15) is 4.79 Å². The predicted molar refractivity (Wildman–Crippen MR) is 112 cm³/mol. The third kappa shape index (κ3) is 2.94. The number of nitrogens with one attached hydrogen (secondary N) is 2. The van der Waals surface area contributed by atoms with Crippen molar-refractivity contribution in [2.45, 2.75) is 44.6 Å². The van der Waals surface area contributed by atoms with Crippen LogP contribution in [-0.2, 0) is 10.2 Å². The second kappa shape index (κ2) is 6.72. The summed E-state index contributed by atoms with van der Waals surface area (Å²) < 4.78 is 15.0. The Morgan fingerprint density at radius 1 is 1.21 bits per heavy atom. The Bertz CT molecular complexity index is 956. The van der Waals surface area contributed by atoms with E-state index < -0.39 is 11.2 Å². The van der Waals surface area contributed by atoms with Gasteiger partial charge in [0.15, 0.2) is 0 Å². The van der Waals surface area contributed by atoms with Gasteiger partial charge in [-0.15, -0.1) is 0 Å². The van der Waals surface area contributed by atoms with Crippen molar-refractivity contribution in [1.29, 1.82) is 0 Å². The van der Waals surface area contributed by atoms with Crippen LogP contribution in [0.2, 0.25) is 10.0 Å². The number of halogens is 3. The molecule has 2 aromatic carbocycles. The number of hydrogen-bond donors (Lipinski definition) is 2. The number of anilines is 1. The average Bonchev–Trinajstić information content (AvgIpc) is 3.09. The summed E-state index contributed by atoms with van der Waals surface area (Å²) in [6, 6.07) is 10.3. The van der Waals surface area contributed by atoms with Crippen molar-refractivity contribution in [2.75, 3.05) is 11.9 Å². The third-order valence-electron chi connectivity index (χ3n) is 5.89. The minimum Gasteiger partial charge on any atom is -0.325 e. The van der Waals surface area contributed by atoms with Crippen LogP contribution >= 0.6 is 23.2 Å². The molecule has 4 rings (SSSR count). The molecule has 2 N–H and O–H groups in total. The summed E-state index contributed by atoms with van der Waals surface area (Å²) in [7, 11) is 0. The molecule has 3 unspecified atom stereocenters. The van der Waals surface area contributed by atoms with Crippen molar-refractivity contribution in [3.63, 3.8) is 0 Å². The predicted octanol–water partition coefficient (Wildman–Crippen LogP) is 5.51. The van der Waals surface area contributed by atoms with E-state index in [-0.39, 0.29) is 28.3 Å². The molecule has 2 aliphatic heterocycles. The van der Waals surface area contributed by atoms with Crippen LogP contribution < -0.4 is 10.6 Å². The molecule has 1 spiro atoms. The topological polar surface area (TPSA) is 41.1 Å². The molecule has 3 atom stereocenters. The minimum atomic E-state index is -0.918. The van der Waals surface area contributed by atoms with E-state index in [2.05, 4.69) is 31.4 Å². The molecule has 2 heterocycles. The molecule has 0 aromatic heterocycles. The van der Waals surface area contributed by atoms with Crippen molar-refractivity contribution in [2.24, 2.45) is 5.41 Å². The molecule has 2 aromatic rings. The summed E-state index contributed by atoms with van der Waals surface area (Å²) in [5, 5.41) is 7.15. The molecule has 3 nitrogen and oxygen atoms in total. The summed E-state index contributed by atoms with van der Waals surface area (Å²) in [6.45, 7) is 6.93. The van der Waals surface area contributed by atoms with Crippen LogP contribution in [0.1, 0.15) is 44.2 Å². The van der Waals surface area contributed by atoms with Gasteiger partial charge < -0.3 is 10.6 Å². The van der Waals surface area contributed by atoms with E-state index in [4.69, 9.17) is 23.2 Å². The average molecular weight is 421 g/mol. The van der Waals surface area contributed by atoms with Gasteiger partial charge in [-0.25, -0.2) is 4.39 Å². The first-order chi connectivity index (χ1) is 13.1. The highest BCUT2D eigenvalue weighted by Crippen LogP contribution is 2.55. The van der Waals surface area contributed by atoms with Crippen LogP contribution in [-0.4, -0.2) is 18.5 Å². The van der Waals surface area contributed by atoms with E-state index in [1.54, 1.807) is 24.3 Å². The van der Waals surface area contributed by atoms with Crippen molar-refractivity contribution < 1.29 is 9.18 Å². The van der Waals surface area contributed by atoms with Gasteiger partial charge in [0, 0.05) is 29.2 Å². The summed E-state index contributed by atoms with van der Waals surface area (Å²) in [5.74, 6) is -0.948. The fourth-order valence-electron chi connectivity index (χ4n) is 4.84. The zero-order valence-corrected chi connectivity index (χ0v) is 17.6. The first-order valence-electron chi connectivity index (χ1n) is 9.43. The lowest BCUT2D eigenvalue weighted by Crippen LogP contribution is -2.49. The molecule has 1 saturated heterocycles. The minimum absolute atomic E-state index is 0.0120. The number of rotatable bonds is 2. The van der Waals surface area contributed by atoms with Crippen molar-refractivity contribution >= 4 is 34.8 Å². The number of amides is 1. The van der Waals surface area contributed by atoms with Crippen LogP contribution in [0.3, 0.4) is 0 Å². The lowest BCUT2D eigenvalue weighted by atomic mass is 9.64. The zero-order valence-electron chi connectivity index (χ0n) is 16.1. The summed E-state index contributed by atoms with van der Waals surface area (Å²) >= 11 is 12.2. The van der Waals surface area contributed by atoms with Gasteiger partial charge in [0.2, 0.25) is 5.91 Å². The number of carbonyl (C=O) groups is 1. The van der Waals surface area contributed by atoms with E-state index in [0.717, 1.165) is 12.0 Å². The standard InChI is InChI=1S/C22H23Cl2FN2O/c1-21(2,3)10-18-22(14-8-7-12(23)9-17(14)27-20(22)28)15(11-26-18)13-5-4-6-16(24)19(13)25/h4-9,15,18,26H,10-11H2,1-3H3,(H,27,28). The maximum absolute atomic E-state index is 15.0. The number of hydrogen-bond acceptors (Lipinski definition) is 2. The van der Waals surface area contributed by atoms with Crippen LogP contribution in [0.5, 0.6) is 0 Å². The summed E-state index contributed by atoms with van der Waals surface area (Å²) in [6.07, 6.45) is 0.765. The zero-order chi connectivity index (χ0) is 20.3. The molecule has 28 heavy (non-hydrogen) atoms. The summed E-state index contributed by atoms with van der Waals surface area (Å²) in [4.78, 5) is 13.5. The van der Waals surface area contributed by atoms with Gasteiger partial charge in [-0.2, -0.15) is 0 Å². The van der Waals surface area contributed by atoms with Crippen molar-refractivity contribution in [1.82, 2.24) is 5.32 Å². The fraction of sp³-hybridized carbons (Fsp3) is 0.409. The largest absolute Gasteiger partial charge is 0.325 e. The SMILES string of the molecule is CC(C)(C)CC1NCC(c2cccc(Cl)c2F)C12C(=O)Nc1cc(Cl)ccc12. The van der Waals surface area contributed by atoms with Gasteiger partial charge in [-0.05, 0) is 41.2 Å². The maximum atomic E-state index is 15.0. The van der Waals surface area contributed by atoms with Crippen molar-refractivity contribution in [3.8, 4) is 0 Å². The Kier molecular flexibility index (Phi) is 4.72. The molecule has 0 radical (unpaired) electrons. The van der Waals surface area contributed by atoms with E-state index in [0.29, 0.717) is 22.8 Å². The lowest BCUT2D eigenvalue weighted by molar-refractivity contribution is -0.121. The number of benzene rings is 2. The van der Waals surface area contributed by atoms with Crippen LogP contribution in [0.15, 0.2) is 36.4 Å². The molecule has 148 valence electrons. The smallest absolute Gasteiger partial charge is 0.237 e. The lowest BCUT2D eigenvalue weighted by Gasteiger charge is -2.37. The van der Waals surface area contributed by atoms with Crippen molar-refractivity contribution in [3.05, 3.63) is 63.4 Å².